The number of methoxy groups -OCH3 is 1. The fraction of sp³-hybridized carbons (Fsp3) is 0.500. The average molecular weight is 469 g/mol. The number of carbonyl (C=O) groups is 2. The molecule has 1 N–H and O–H groups in total. The molecule has 1 aliphatic rings. The van der Waals surface area contributed by atoms with Gasteiger partial charge >= 0.3 is 0 Å². The number of ether oxygens (including phenoxy) is 2. The molecule has 2 heterocycles. The smallest absolute Gasteiger partial charge is 0.257 e. The molecule has 0 fully saturated rings. The molecule has 0 aliphatic carbocycles. The number of hydrogen-bond acceptors (Lipinski definition) is 6. The molecule has 0 spiro atoms. The van der Waals surface area contributed by atoms with Crippen molar-refractivity contribution in [1.82, 2.24) is 14.8 Å². The highest BCUT2D eigenvalue weighted by Crippen LogP contribution is 2.27. The van der Waals surface area contributed by atoms with Crippen LogP contribution in [0.4, 0.5) is 5.69 Å². The SMILES string of the molecule is CCC(=O)Nc1ccc2c(c1)C(=O)N(C)C[C@@H](OC)[C@H](C)CN(Cc1ccncc1)[C@@H](C)CO2. The summed E-state index contributed by atoms with van der Waals surface area (Å²) < 4.78 is 12.0. The summed E-state index contributed by atoms with van der Waals surface area (Å²) in [6.45, 7) is 8.48. The van der Waals surface area contributed by atoms with Crippen LogP contribution in [0.5, 0.6) is 5.75 Å². The van der Waals surface area contributed by atoms with Crippen LogP contribution in [-0.4, -0.2) is 72.6 Å². The number of anilines is 1. The quantitative estimate of drug-likeness (QED) is 0.724. The number of benzene rings is 1. The number of hydrogen-bond donors (Lipinski definition) is 1. The Morgan fingerprint density at radius 2 is 1.94 bits per heavy atom. The summed E-state index contributed by atoms with van der Waals surface area (Å²) in [5.41, 5.74) is 2.18. The lowest BCUT2D eigenvalue weighted by molar-refractivity contribution is -0.115. The summed E-state index contributed by atoms with van der Waals surface area (Å²) in [5, 5.41) is 2.83. The average Bonchev–Trinajstić information content (AvgIpc) is 2.85. The normalized spacial score (nSPS) is 22.2. The van der Waals surface area contributed by atoms with Gasteiger partial charge in [-0.05, 0) is 48.7 Å². The van der Waals surface area contributed by atoms with Crippen molar-refractivity contribution in [1.29, 1.82) is 0 Å². The molecule has 8 nitrogen and oxygen atoms in total. The van der Waals surface area contributed by atoms with Crippen molar-refractivity contribution in [2.45, 2.75) is 45.9 Å². The number of pyridine rings is 1. The minimum absolute atomic E-state index is 0.0905. The van der Waals surface area contributed by atoms with E-state index in [0.29, 0.717) is 36.6 Å². The monoisotopic (exact) mass is 468 g/mol. The van der Waals surface area contributed by atoms with Crippen molar-refractivity contribution < 1.29 is 19.1 Å². The molecule has 1 aromatic heterocycles. The van der Waals surface area contributed by atoms with Gasteiger partial charge in [0.05, 0.1) is 11.7 Å². The lowest BCUT2D eigenvalue weighted by atomic mass is 10.0. The molecule has 0 saturated carbocycles. The molecule has 0 radical (unpaired) electrons. The topological polar surface area (TPSA) is 84.0 Å². The van der Waals surface area contributed by atoms with Gasteiger partial charge in [0, 0.05) is 64.3 Å². The number of nitrogens with one attached hydrogen (secondary N) is 1. The third kappa shape index (κ3) is 6.55. The highest BCUT2D eigenvalue weighted by molar-refractivity contribution is 5.99. The highest BCUT2D eigenvalue weighted by atomic mass is 16.5. The highest BCUT2D eigenvalue weighted by Gasteiger charge is 2.28. The molecule has 1 aliphatic heterocycles. The van der Waals surface area contributed by atoms with Gasteiger partial charge in [-0.15, -0.1) is 0 Å². The van der Waals surface area contributed by atoms with E-state index >= 15 is 0 Å². The molecule has 3 rings (SSSR count). The molecule has 0 bridgehead atoms. The van der Waals surface area contributed by atoms with Crippen LogP contribution in [0.1, 0.15) is 43.1 Å². The van der Waals surface area contributed by atoms with Crippen molar-refractivity contribution in [3.8, 4) is 5.75 Å². The fourth-order valence-electron chi connectivity index (χ4n) is 4.12. The molecule has 3 atom stereocenters. The Labute approximate surface area is 202 Å². The fourth-order valence-corrected chi connectivity index (χ4v) is 4.12. The molecule has 1 aromatic carbocycles. The van der Waals surface area contributed by atoms with Crippen molar-refractivity contribution in [3.05, 3.63) is 53.9 Å². The summed E-state index contributed by atoms with van der Waals surface area (Å²) in [5.74, 6) is 0.408. The number of rotatable bonds is 5. The van der Waals surface area contributed by atoms with Gasteiger partial charge in [0.25, 0.3) is 5.91 Å². The summed E-state index contributed by atoms with van der Waals surface area (Å²) in [6, 6.07) is 9.36. The molecular formula is C26H36N4O4. The van der Waals surface area contributed by atoms with Crippen molar-refractivity contribution in [3.63, 3.8) is 0 Å². The predicted molar refractivity (Wildman–Crippen MR) is 132 cm³/mol. The minimum Gasteiger partial charge on any atom is -0.491 e. The largest absolute Gasteiger partial charge is 0.491 e. The van der Waals surface area contributed by atoms with E-state index in [9.17, 15) is 9.59 Å². The Morgan fingerprint density at radius 1 is 1.21 bits per heavy atom. The molecule has 0 saturated heterocycles. The van der Waals surface area contributed by atoms with Crippen LogP contribution < -0.4 is 10.1 Å². The maximum absolute atomic E-state index is 13.4. The van der Waals surface area contributed by atoms with E-state index in [1.807, 2.05) is 12.1 Å². The van der Waals surface area contributed by atoms with Crippen LogP contribution in [0.2, 0.25) is 0 Å². The third-order valence-electron chi connectivity index (χ3n) is 6.31. The van der Waals surface area contributed by atoms with Gasteiger partial charge in [0.2, 0.25) is 5.91 Å². The first-order chi connectivity index (χ1) is 16.3. The van der Waals surface area contributed by atoms with E-state index < -0.39 is 0 Å². The molecule has 8 heteroatoms. The Hall–Kier alpha value is -2.97. The third-order valence-corrected chi connectivity index (χ3v) is 6.31. The zero-order valence-electron chi connectivity index (χ0n) is 20.8. The summed E-state index contributed by atoms with van der Waals surface area (Å²) in [6.07, 6.45) is 3.84. The summed E-state index contributed by atoms with van der Waals surface area (Å²) in [7, 11) is 3.46. The standard InChI is InChI=1S/C26H36N4O4/c1-6-25(31)28-21-7-8-23-22(13-21)26(32)29(4)16-24(33-5)18(2)14-30(19(3)17-34-23)15-20-9-11-27-12-10-20/h7-13,18-19,24H,6,14-17H2,1-5H3,(H,28,31)/t18-,19+,24-/m1/s1. The van der Waals surface area contributed by atoms with Crippen LogP contribution in [0.25, 0.3) is 0 Å². The van der Waals surface area contributed by atoms with Crippen LogP contribution >= 0.6 is 0 Å². The number of amides is 2. The second-order valence-corrected chi connectivity index (χ2v) is 8.99. The van der Waals surface area contributed by atoms with Crippen LogP contribution in [0, 0.1) is 5.92 Å². The number of carbonyl (C=O) groups excluding carboxylic acids is 2. The Bertz CT molecular complexity index is 969. The maximum atomic E-state index is 13.4. The molecule has 184 valence electrons. The molecule has 34 heavy (non-hydrogen) atoms. The zero-order valence-corrected chi connectivity index (χ0v) is 20.8. The molecule has 0 unspecified atom stereocenters. The number of nitrogens with zero attached hydrogens (tertiary/aromatic N) is 3. The minimum atomic E-state index is -0.168. The van der Waals surface area contributed by atoms with E-state index in [4.69, 9.17) is 9.47 Å². The van der Waals surface area contributed by atoms with Crippen LogP contribution in [0.3, 0.4) is 0 Å². The van der Waals surface area contributed by atoms with E-state index in [2.05, 4.69) is 29.0 Å². The van der Waals surface area contributed by atoms with Crippen LogP contribution in [-0.2, 0) is 16.1 Å². The van der Waals surface area contributed by atoms with Crippen molar-refractivity contribution in [2.24, 2.45) is 5.92 Å². The first-order valence-corrected chi connectivity index (χ1v) is 11.8. The van der Waals surface area contributed by atoms with Gasteiger partial charge in [0.15, 0.2) is 0 Å². The van der Waals surface area contributed by atoms with E-state index in [1.54, 1.807) is 56.6 Å². The lowest BCUT2D eigenvalue weighted by Gasteiger charge is -2.36. The lowest BCUT2D eigenvalue weighted by Crippen LogP contribution is -2.46. The number of fused-ring (bicyclic) bond motifs is 1. The predicted octanol–water partition coefficient (Wildman–Crippen LogP) is 3.44. The first kappa shape index (κ1) is 25.6. The van der Waals surface area contributed by atoms with Gasteiger partial charge in [-0.2, -0.15) is 0 Å². The summed E-state index contributed by atoms with van der Waals surface area (Å²) in [4.78, 5) is 33.4. The maximum Gasteiger partial charge on any atom is 0.257 e. The Morgan fingerprint density at radius 3 is 2.62 bits per heavy atom. The molecule has 2 aromatic rings. The number of likely N-dealkylation sites (N-methyl/N-ethyl adjacent to an activating group) is 1. The van der Waals surface area contributed by atoms with Crippen molar-refractivity contribution in [2.75, 3.05) is 39.2 Å². The van der Waals surface area contributed by atoms with E-state index in [0.717, 1.165) is 13.1 Å². The summed E-state index contributed by atoms with van der Waals surface area (Å²) >= 11 is 0. The van der Waals surface area contributed by atoms with Gasteiger partial charge in [-0.25, -0.2) is 0 Å². The Balaban J connectivity index is 1.93. The van der Waals surface area contributed by atoms with Gasteiger partial charge in [0.1, 0.15) is 12.4 Å². The second-order valence-electron chi connectivity index (χ2n) is 8.99. The van der Waals surface area contributed by atoms with Crippen molar-refractivity contribution >= 4 is 17.5 Å². The second kappa shape index (κ2) is 11.9. The molecular weight excluding hydrogens is 432 g/mol. The van der Waals surface area contributed by atoms with Gasteiger partial charge < -0.3 is 19.7 Å². The van der Waals surface area contributed by atoms with Gasteiger partial charge in [-0.1, -0.05) is 13.8 Å². The Kier molecular flexibility index (Phi) is 9.01. The molecule has 2 amide bonds. The van der Waals surface area contributed by atoms with E-state index in [1.165, 1.54) is 5.56 Å². The number of aromatic nitrogens is 1. The first-order valence-electron chi connectivity index (χ1n) is 11.8. The zero-order chi connectivity index (χ0) is 24.7. The van der Waals surface area contributed by atoms with Crippen LogP contribution in [0.15, 0.2) is 42.7 Å². The van der Waals surface area contributed by atoms with E-state index in [-0.39, 0.29) is 29.9 Å². The van der Waals surface area contributed by atoms with Gasteiger partial charge in [-0.3, -0.25) is 19.5 Å².